The lowest BCUT2D eigenvalue weighted by Gasteiger charge is -2.17. The lowest BCUT2D eigenvalue weighted by atomic mass is 10.1. The van der Waals surface area contributed by atoms with Crippen molar-refractivity contribution in [2.75, 3.05) is 18.9 Å². The molecule has 0 atom stereocenters. The number of benzene rings is 2. The zero-order valence-electron chi connectivity index (χ0n) is 14.6. The maximum atomic E-state index is 12.6. The van der Waals surface area contributed by atoms with Gasteiger partial charge in [-0.15, -0.1) is 0 Å². The number of para-hydroxylation sites is 2. The summed E-state index contributed by atoms with van der Waals surface area (Å²) >= 11 is 0. The number of likely N-dealkylation sites (N-methyl/N-ethyl adjacent to an activating group) is 1. The highest BCUT2D eigenvalue weighted by molar-refractivity contribution is 6.01. The van der Waals surface area contributed by atoms with E-state index in [0.717, 1.165) is 27.7 Å². The number of carbonyl (C=O) groups excluding carboxylic acids is 2. The third-order valence-corrected chi connectivity index (χ3v) is 4.23. The Balaban J connectivity index is 1.69. The highest BCUT2D eigenvalue weighted by Crippen LogP contribution is 2.19. The molecule has 0 saturated carbocycles. The Morgan fingerprint density at radius 2 is 1.72 bits per heavy atom. The Morgan fingerprint density at radius 3 is 2.40 bits per heavy atom. The Bertz CT molecular complexity index is 890. The molecule has 3 aromatic rings. The van der Waals surface area contributed by atoms with Crippen LogP contribution in [0.1, 0.15) is 21.6 Å². The largest absolute Gasteiger partial charge is 0.351 e. The predicted molar refractivity (Wildman–Crippen MR) is 99.8 cm³/mol. The third kappa shape index (κ3) is 3.55. The van der Waals surface area contributed by atoms with E-state index in [9.17, 15) is 9.59 Å². The molecule has 2 aromatic carbocycles. The molecule has 0 saturated heterocycles. The summed E-state index contributed by atoms with van der Waals surface area (Å²) in [7, 11) is 1.62. The van der Waals surface area contributed by atoms with Crippen LogP contribution < -0.4 is 5.32 Å². The van der Waals surface area contributed by atoms with E-state index >= 15 is 0 Å². The number of anilines is 1. The van der Waals surface area contributed by atoms with Gasteiger partial charge in [0.2, 0.25) is 5.91 Å². The molecule has 0 aliphatic heterocycles. The molecule has 0 aliphatic rings. The fraction of sp³-hybridized carbons (Fsp3) is 0.200. The number of fused-ring (bicyclic) bond motifs is 1. The Kier molecular flexibility index (Phi) is 4.57. The summed E-state index contributed by atoms with van der Waals surface area (Å²) in [6.45, 7) is 3.88. The minimum atomic E-state index is -0.218. The van der Waals surface area contributed by atoms with Crippen molar-refractivity contribution in [3.8, 4) is 0 Å². The Hall–Kier alpha value is -3.08. The summed E-state index contributed by atoms with van der Waals surface area (Å²) in [5.74, 6) is -0.433. The number of rotatable bonds is 4. The number of nitrogens with one attached hydrogen (secondary N) is 2. The number of hydrogen-bond acceptors (Lipinski definition) is 2. The minimum Gasteiger partial charge on any atom is -0.351 e. The molecule has 0 aliphatic carbocycles. The van der Waals surface area contributed by atoms with E-state index in [4.69, 9.17) is 0 Å². The molecule has 3 rings (SSSR count). The first-order valence-corrected chi connectivity index (χ1v) is 8.15. The molecule has 5 nitrogen and oxygen atoms in total. The SMILES string of the molecule is Cc1cccc(C)c1NC(=O)CN(C)C(=O)c1cc2ccccc2[nH]1. The smallest absolute Gasteiger partial charge is 0.270 e. The van der Waals surface area contributed by atoms with E-state index in [2.05, 4.69) is 10.3 Å². The van der Waals surface area contributed by atoms with Crippen LogP contribution in [-0.4, -0.2) is 35.3 Å². The average molecular weight is 335 g/mol. The van der Waals surface area contributed by atoms with Crippen molar-refractivity contribution in [1.82, 2.24) is 9.88 Å². The minimum absolute atomic E-state index is 0.0119. The summed E-state index contributed by atoms with van der Waals surface area (Å²) in [4.78, 5) is 29.4. The number of carbonyl (C=O) groups is 2. The molecular weight excluding hydrogens is 314 g/mol. The quantitative estimate of drug-likeness (QED) is 0.766. The van der Waals surface area contributed by atoms with Gasteiger partial charge in [-0.1, -0.05) is 36.4 Å². The Labute approximate surface area is 146 Å². The molecule has 0 unspecified atom stereocenters. The van der Waals surface area contributed by atoms with Crippen LogP contribution in [-0.2, 0) is 4.79 Å². The van der Waals surface area contributed by atoms with Crippen LogP contribution in [0.15, 0.2) is 48.5 Å². The van der Waals surface area contributed by atoms with Crippen molar-refractivity contribution in [2.24, 2.45) is 0 Å². The second-order valence-electron chi connectivity index (χ2n) is 6.25. The number of nitrogens with zero attached hydrogens (tertiary/aromatic N) is 1. The number of aromatic nitrogens is 1. The average Bonchev–Trinajstić information content (AvgIpc) is 3.01. The molecule has 0 fully saturated rings. The van der Waals surface area contributed by atoms with Crippen LogP contribution in [0.4, 0.5) is 5.69 Å². The van der Waals surface area contributed by atoms with Gasteiger partial charge in [0.25, 0.3) is 5.91 Å². The fourth-order valence-electron chi connectivity index (χ4n) is 2.87. The van der Waals surface area contributed by atoms with E-state index in [0.29, 0.717) is 5.69 Å². The lowest BCUT2D eigenvalue weighted by Crippen LogP contribution is -2.35. The van der Waals surface area contributed by atoms with Crippen molar-refractivity contribution in [3.05, 3.63) is 65.4 Å². The molecule has 2 N–H and O–H groups in total. The van der Waals surface area contributed by atoms with Gasteiger partial charge in [-0.3, -0.25) is 9.59 Å². The lowest BCUT2D eigenvalue weighted by molar-refractivity contribution is -0.116. The van der Waals surface area contributed by atoms with Gasteiger partial charge in [-0.25, -0.2) is 0 Å². The van der Waals surface area contributed by atoms with Gasteiger partial charge in [0.1, 0.15) is 5.69 Å². The summed E-state index contributed by atoms with van der Waals surface area (Å²) in [6.07, 6.45) is 0. The van der Waals surface area contributed by atoms with Crippen molar-refractivity contribution in [3.63, 3.8) is 0 Å². The van der Waals surface area contributed by atoms with E-state index < -0.39 is 0 Å². The molecule has 2 amide bonds. The van der Waals surface area contributed by atoms with Crippen LogP contribution in [0.2, 0.25) is 0 Å². The summed E-state index contributed by atoms with van der Waals surface area (Å²) in [5.41, 5.74) is 4.18. The molecule has 0 spiro atoms. The Morgan fingerprint density at radius 1 is 1.04 bits per heavy atom. The van der Waals surface area contributed by atoms with E-state index in [-0.39, 0.29) is 18.4 Å². The first kappa shape index (κ1) is 16.8. The maximum absolute atomic E-state index is 12.6. The van der Waals surface area contributed by atoms with Gasteiger partial charge in [0.05, 0.1) is 6.54 Å². The second kappa shape index (κ2) is 6.81. The number of hydrogen-bond donors (Lipinski definition) is 2. The van der Waals surface area contributed by atoms with Crippen LogP contribution >= 0.6 is 0 Å². The first-order chi connectivity index (χ1) is 12.0. The van der Waals surface area contributed by atoms with Gasteiger partial charge in [-0.2, -0.15) is 0 Å². The van der Waals surface area contributed by atoms with Crippen molar-refractivity contribution in [1.29, 1.82) is 0 Å². The van der Waals surface area contributed by atoms with Gasteiger partial charge < -0.3 is 15.2 Å². The number of aromatic amines is 1. The highest BCUT2D eigenvalue weighted by Gasteiger charge is 2.17. The standard InChI is InChI=1S/C20H21N3O2/c1-13-7-6-8-14(2)19(13)22-18(24)12-23(3)20(25)17-11-15-9-4-5-10-16(15)21-17/h4-11,21H,12H2,1-3H3,(H,22,24). The van der Waals surface area contributed by atoms with Crippen molar-refractivity contribution >= 4 is 28.4 Å². The molecular formula is C20H21N3O2. The number of H-pyrrole nitrogens is 1. The topological polar surface area (TPSA) is 65.2 Å². The molecule has 1 heterocycles. The van der Waals surface area contributed by atoms with E-state index in [1.54, 1.807) is 13.1 Å². The van der Waals surface area contributed by atoms with Crippen molar-refractivity contribution in [2.45, 2.75) is 13.8 Å². The summed E-state index contributed by atoms with van der Waals surface area (Å²) in [5, 5.41) is 3.87. The third-order valence-electron chi connectivity index (χ3n) is 4.23. The number of amides is 2. The molecule has 0 bridgehead atoms. The van der Waals surface area contributed by atoms with Crippen LogP contribution in [0.25, 0.3) is 10.9 Å². The van der Waals surface area contributed by atoms with Gasteiger partial charge in [0, 0.05) is 23.6 Å². The van der Waals surface area contributed by atoms with Gasteiger partial charge >= 0.3 is 0 Å². The molecule has 0 radical (unpaired) electrons. The van der Waals surface area contributed by atoms with Gasteiger partial charge in [-0.05, 0) is 37.1 Å². The predicted octanol–water partition coefficient (Wildman–Crippen LogP) is 3.50. The van der Waals surface area contributed by atoms with Crippen LogP contribution in [0, 0.1) is 13.8 Å². The van der Waals surface area contributed by atoms with Crippen molar-refractivity contribution < 1.29 is 9.59 Å². The summed E-state index contributed by atoms with van der Waals surface area (Å²) in [6, 6.07) is 15.3. The maximum Gasteiger partial charge on any atom is 0.270 e. The second-order valence-corrected chi connectivity index (χ2v) is 6.25. The summed E-state index contributed by atoms with van der Waals surface area (Å²) < 4.78 is 0. The molecule has 1 aromatic heterocycles. The normalized spacial score (nSPS) is 10.7. The molecule has 5 heteroatoms. The fourth-order valence-corrected chi connectivity index (χ4v) is 2.87. The highest BCUT2D eigenvalue weighted by atomic mass is 16.2. The first-order valence-electron chi connectivity index (χ1n) is 8.15. The van der Waals surface area contributed by atoms with Crippen LogP contribution in [0.5, 0.6) is 0 Å². The van der Waals surface area contributed by atoms with Crippen LogP contribution in [0.3, 0.4) is 0 Å². The number of aryl methyl sites for hydroxylation is 2. The van der Waals surface area contributed by atoms with E-state index in [1.165, 1.54) is 4.90 Å². The zero-order valence-corrected chi connectivity index (χ0v) is 14.6. The molecule has 128 valence electrons. The zero-order chi connectivity index (χ0) is 18.0. The van der Waals surface area contributed by atoms with E-state index in [1.807, 2.05) is 56.3 Å². The monoisotopic (exact) mass is 335 g/mol. The molecule has 25 heavy (non-hydrogen) atoms. The van der Waals surface area contributed by atoms with Gasteiger partial charge in [0.15, 0.2) is 0 Å².